The van der Waals surface area contributed by atoms with Crippen molar-refractivity contribution in [2.45, 2.75) is 6.42 Å². The summed E-state index contributed by atoms with van der Waals surface area (Å²) in [5, 5.41) is 23.6. The van der Waals surface area contributed by atoms with Crippen LogP contribution in [0.3, 0.4) is 0 Å². The third kappa shape index (κ3) is 5.48. The zero-order chi connectivity index (χ0) is 12.3. The molecule has 0 radical (unpaired) electrons. The van der Waals surface area contributed by atoms with Crippen molar-refractivity contribution in [2.75, 3.05) is 26.7 Å². The van der Waals surface area contributed by atoms with Crippen LogP contribution in [0.1, 0.15) is 5.82 Å². The van der Waals surface area contributed by atoms with E-state index in [1.54, 1.807) is 13.2 Å². The van der Waals surface area contributed by atoms with E-state index in [9.17, 15) is 0 Å². The predicted octanol–water partition coefficient (Wildman–Crippen LogP) is -1.42. The first kappa shape index (κ1) is 12.9. The molecule has 8 heteroatoms. The lowest BCUT2D eigenvalue weighted by Gasteiger charge is -2.07. The Bertz CT molecular complexity index is 363. The third-order valence-corrected chi connectivity index (χ3v) is 2.00. The summed E-state index contributed by atoms with van der Waals surface area (Å²) in [7, 11) is 1.62. The maximum absolute atomic E-state index is 8.40. The van der Waals surface area contributed by atoms with E-state index in [4.69, 9.17) is 5.26 Å². The summed E-state index contributed by atoms with van der Waals surface area (Å²) in [6.45, 7) is 2.29. The molecule has 8 nitrogen and oxygen atoms in total. The average molecular weight is 236 g/mol. The molecule has 1 heterocycles. The number of hydrogen-bond donors (Lipinski definition) is 4. The number of aliphatic imine (C=N–C) groups is 1. The minimum Gasteiger partial charge on any atom is -0.354 e. The Balaban J connectivity index is 1.99. The molecule has 0 amide bonds. The van der Waals surface area contributed by atoms with Gasteiger partial charge in [0.1, 0.15) is 12.2 Å². The van der Waals surface area contributed by atoms with E-state index in [0.29, 0.717) is 12.5 Å². The molecule has 4 N–H and O–H groups in total. The van der Waals surface area contributed by atoms with E-state index < -0.39 is 0 Å². The highest BCUT2D eigenvalue weighted by Crippen LogP contribution is 1.84. The molecule has 0 aromatic carbocycles. The van der Waals surface area contributed by atoms with Crippen LogP contribution < -0.4 is 16.0 Å². The summed E-state index contributed by atoms with van der Waals surface area (Å²) < 4.78 is 0. The van der Waals surface area contributed by atoms with Gasteiger partial charge in [-0.25, -0.2) is 4.98 Å². The fourth-order valence-corrected chi connectivity index (χ4v) is 1.18. The van der Waals surface area contributed by atoms with Gasteiger partial charge in [0, 0.05) is 33.1 Å². The molecule has 0 bridgehead atoms. The van der Waals surface area contributed by atoms with Crippen molar-refractivity contribution in [1.82, 2.24) is 31.1 Å². The topological polar surface area (TPSA) is 114 Å². The molecule has 0 spiro atoms. The highest BCUT2D eigenvalue weighted by Gasteiger charge is 1.96. The first-order chi connectivity index (χ1) is 8.36. The fourth-order valence-electron chi connectivity index (χ4n) is 1.18. The summed E-state index contributed by atoms with van der Waals surface area (Å²) in [5.41, 5.74) is 0. The van der Waals surface area contributed by atoms with Gasteiger partial charge in [-0.05, 0) is 0 Å². The Labute approximate surface area is 99.5 Å². The number of rotatable bonds is 6. The highest BCUT2D eigenvalue weighted by molar-refractivity contribution is 5.80. The van der Waals surface area contributed by atoms with Crippen LogP contribution in [0.25, 0.3) is 0 Å². The quantitative estimate of drug-likeness (QED) is 0.158. The second-order valence-electron chi connectivity index (χ2n) is 3.17. The van der Waals surface area contributed by atoms with Crippen LogP contribution >= 0.6 is 0 Å². The third-order valence-electron chi connectivity index (χ3n) is 2.00. The number of nitrogens with one attached hydrogen (secondary N) is 4. The van der Waals surface area contributed by atoms with Gasteiger partial charge < -0.3 is 10.6 Å². The number of hydrogen-bond acceptors (Lipinski definition) is 5. The Kier molecular flexibility index (Phi) is 6.13. The summed E-state index contributed by atoms with van der Waals surface area (Å²) in [6.07, 6.45) is 4.11. The molecule has 1 aromatic heterocycles. The van der Waals surface area contributed by atoms with E-state index in [-0.39, 0.29) is 0 Å². The van der Waals surface area contributed by atoms with Gasteiger partial charge in [-0.1, -0.05) is 0 Å². The van der Waals surface area contributed by atoms with Gasteiger partial charge >= 0.3 is 0 Å². The SMILES string of the molecule is CN=C(NC#N)NCCNCCc1ncn[nH]1. The van der Waals surface area contributed by atoms with E-state index in [2.05, 4.69) is 36.1 Å². The molecule has 1 rings (SSSR count). The highest BCUT2D eigenvalue weighted by atomic mass is 15.2. The summed E-state index contributed by atoms with van der Waals surface area (Å²) >= 11 is 0. The predicted molar refractivity (Wildman–Crippen MR) is 63.1 cm³/mol. The standard InChI is InChI=1S/C9H16N8/c1-11-9(14-6-10)13-5-4-12-3-2-8-15-7-16-17-8/h7,12H,2-5H2,1H3,(H2,11,13,14)(H,15,16,17). The minimum atomic E-state index is 0.476. The molecular weight excluding hydrogens is 220 g/mol. The number of guanidine groups is 1. The monoisotopic (exact) mass is 236 g/mol. The van der Waals surface area contributed by atoms with Crippen molar-refractivity contribution in [2.24, 2.45) is 4.99 Å². The van der Waals surface area contributed by atoms with Gasteiger partial charge in [0.05, 0.1) is 0 Å². The van der Waals surface area contributed by atoms with Gasteiger partial charge in [0.2, 0.25) is 5.96 Å². The molecule has 0 aliphatic heterocycles. The van der Waals surface area contributed by atoms with Crippen LogP contribution in [-0.2, 0) is 6.42 Å². The van der Waals surface area contributed by atoms with Crippen molar-refractivity contribution < 1.29 is 0 Å². The zero-order valence-electron chi connectivity index (χ0n) is 9.69. The van der Waals surface area contributed by atoms with Crippen LogP contribution in [0.4, 0.5) is 0 Å². The molecule has 0 saturated heterocycles. The molecular formula is C9H16N8. The van der Waals surface area contributed by atoms with Gasteiger partial charge in [-0.2, -0.15) is 10.4 Å². The molecule has 1 aromatic rings. The molecule has 0 aliphatic rings. The summed E-state index contributed by atoms with van der Waals surface area (Å²) in [6, 6.07) is 0. The average Bonchev–Trinajstić information content (AvgIpc) is 2.85. The maximum Gasteiger partial charge on any atom is 0.204 e. The lowest BCUT2D eigenvalue weighted by atomic mass is 10.4. The summed E-state index contributed by atoms with van der Waals surface area (Å²) in [5.74, 6) is 1.34. The number of H-pyrrole nitrogens is 1. The van der Waals surface area contributed by atoms with Gasteiger partial charge in [-0.15, -0.1) is 0 Å². The fraction of sp³-hybridized carbons (Fsp3) is 0.556. The van der Waals surface area contributed by atoms with Crippen molar-refractivity contribution in [3.8, 4) is 6.19 Å². The van der Waals surface area contributed by atoms with Crippen molar-refractivity contribution in [3.05, 3.63) is 12.2 Å². The second kappa shape index (κ2) is 8.06. The van der Waals surface area contributed by atoms with Crippen molar-refractivity contribution in [1.29, 1.82) is 5.26 Å². The van der Waals surface area contributed by atoms with Crippen LogP contribution in [0.15, 0.2) is 11.3 Å². The van der Waals surface area contributed by atoms with E-state index in [1.165, 1.54) is 6.33 Å². The second-order valence-corrected chi connectivity index (χ2v) is 3.17. The lowest BCUT2D eigenvalue weighted by Crippen LogP contribution is -2.38. The Hall–Kier alpha value is -2.14. The molecule has 0 saturated carbocycles. The molecule has 17 heavy (non-hydrogen) atoms. The van der Waals surface area contributed by atoms with Gasteiger partial charge in [0.25, 0.3) is 0 Å². The molecule has 0 fully saturated rings. The zero-order valence-corrected chi connectivity index (χ0v) is 9.69. The van der Waals surface area contributed by atoms with Crippen LogP contribution in [0, 0.1) is 11.5 Å². The van der Waals surface area contributed by atoms with E-state index in [0.717, 1.165) is 25.3 Å². The van der Waals surface area contributed by atoms with E-state index in [1.807, 2.05) is 0 Å². The van der Waals surface area contributed by atoms with Crippen molar-refractivity contribution in [3.63, 3.8) is 0 Å². The lowest BCUT2D eigenvalue weighted by molar-refractivity contribution is 0.654. The number of aromatic amines is 1. The molecule has 0 unspecified atom stereocenters. The summed E-state index contributed by atoms with van der Waals surface area (Å²) in [4.78, 5) is 7.87. The van der Waals surface area contributed by atoms with Crippen LogP contribution in [0.5, 0.6) is 0 Å². The molecule has 92 valence electrons. The number of aromatic nitrogens is 3. The van der Waals surface area contributed by atoms with Gasteiger partial charge in [0.15, 0.2) is 6.19 Å². The van der Waals surface area contributed by atoms with Crippen LogP contribution in [0.2, 0.25) is 0 Å². The minimum absolute atomic E-state index is 0.476. The molecule has 0 aliphatic carbocycles. The smallest absolute Gasteiger partial charge is 0.204 e. The Morgan fingerprint density at radius 3 is 3.06 bits per heavy atom. The van der Waals surface area contributed by atoms with E-state index >= 15 is 0 Å². The van der Waals surface area contributed by atoms with Crippen molar-refractivity contribution >= 4 is 5.96 Å². The first-order valence-electron chi connectivity index (χ1n) is 5.27. The first-order valence-corrected chi connectivity index (χ1v) is 5.27. The van der Waals surface area contributed by atoms with Gasteiger partial charge in [-0.3, -0.25) is 15.4 Å². The Morgan fingerprint density at radius 1 is 1.53 bits per heavy atom. The van der Waals surface area contributed by atoms with Crippen LogP contribution in [-0.4, -0.2) is 47.8 Å². The maximum atomic E-state index is 8.40. The largest absolute Gasteiger partial charge is 0.354 e. The Morgan fingerprint density at radius 2 is 2.41 bits per heavy atom. The number of nitriles is 1. The normalized spacial score (nSPS) is 10.9. The number of nitrogens with zero attached hydrogens (tertiary/aromatic N) is 4. The molecule has 0 atom stereocenters.